The van der Waals surface area contributed by atoms with Crippen molar-refractivity contribution in [1.82, 2.24) is 4.90 Å². The van der Waals surface area contributed by atoms with Gasteiger partial charge in [0.25, 0.3) is 5.91 Å². The molecule has 0 spiro atoms. The minimum Gasteiger partial charge on any atom is -0.490 e. The maximum absolute atomic E-state index is 12.6. The Bertz CT molecular complexity index is 792. The van der Waals surface area contributed by atoms with E-state index in [9.17, 15) is 14.7 Å². The zero-order valence-corrected chi connectivity index (χ0v) is 15.2. The van der Waals surface area contributed by atoms with Crippen molar-refractivity contribution in [3.8, 4) is 11.5 Å². The number of carbonyl (C=O) groups is 2. The molecule has 0 aliphatic carbocycles. The second-order valence-corrected chi connectivity index (χ2v) is 6.43. The van der Waals surface area contributed by atoms with Crippen molar-refractivity contribution in [2.75, 3.05) is 26.3 Å². The average molecular weight is 369 g/mol. The molecule has 2 aromatic rings. The Labute approximate surface area is 158 Å². The van der Waals surface area contributed by atoms with Crippen molar-refractivity contribution < 1.29 is 24.2 Å². The molecule has 2 unspecified atom stereocenters. The SMILES string of the molecule is CCOc1ccccc1OCC(=O)N1CC(C(=O)O)C(c2ccccc2)C1. The topological polar surface area (TPSA) is 76.1 Å². The highest BCUT2D eigenvalue weighted by Crippen LogP contribution is 2.33. The van der Waals surface area contributed by atoms with Crippen LogP contribution in [0.4, 0.5) is 0 Å². The van der Waals surface area contributed by atoms with Crippen molar-refractivity contribution in [1.29, 1.82) is 0 Å². The molecule has 0 saturated carbocycles. The highest BCUT2D eigenvalue weighted by atomic mass is 16.5. The van der Waals surface area contributed by atoms with Gasteiger partial charge in [-0.2, -0.15) is 0 Å². The van der Waals surface area contributed by atoms with Crippen molar-refractivity contribution in [3.63, 3.8) is 0 Å². The maximum Gasteiger partial charge on any atom is 0.308 e. The Morgan fingerprint density at radius 2 is 1.63 bits per heavy atom. The summed E-state index contributed by atoms with van der Waals surface area (Å²) in [5.41, 5.74) is 0.933. The van der Waals surface area contributed by atoms with Gasteiger partial charge in [-0.15, -0.1) is 0 Å². The van der Waals surface area contributed by atoms with Crippen LogP contribution in [0, 0.1) is 5.92 Å². The smallest absolute Gasteiger partial charge is 0.308 e. The minimum atomic E-state index is -0.887. The van der Waals surface area contributed by atoms with E-state index in [0.29, 0.717) is 24.7 Å². The molecule has 0 aromatic heterocycles. The van der Waals surface area contributed by atoms with Crippen LogP contribution < -0.4 is 9.47 Å². The summed E-state index contributed by atoms with van der Waals surface area (Å²) in [6.07, 6.45) is 0. The third kappa shape index (κ3) is 4.39. The van der Waals surface area contributed by atoms with E-state index in [1.165, 1.54) is 0 Å². The molecule has 27 heavy (non-hydrogen) atoms. The van der Waals surface area contributed by atoms with Crippen LogP contribution >= 0.6 is 0 Å². The molecular formula is C21H23NO5. The molecule has 3 rings (SSSR count). The van der Waals surface area contributed by atoms with E-state index in [1.54, 1.807) is 17.0 Å². The lowest BCUT2D eigenvalue weighted by molar-refractivity contribution is -0.142. The van der Waals surface area contributed by atoms with Gasteiger partial charge in [0.1, 0.15) is 0 Å². The molecule has 0 radical (unpaired) electrons. The van der Waals surface area contributed by atoms with Gasteiger partial charge in [-0.1, -0.05) is 42.5 Å². The number of para-hydroxylation sites is 2. The summed E-state index contributed by atoms with van der Waals surface area (Å²) >= 11 is 0. The number of aliphatic carboxylic acids is 1. The van der Waals surface area contributed by atoms with E-state index in [4.69, 9.17) is 9.47 Å². The fraction of sp³-hybridized carbons (Fsp3) is 0.333. The second kappa shape index (κ2) is 8.58. The summed E-state index contributed by atoms with van der Waals surface area (Å²) in [5, 5.41) is 9.56. The van der Waals surface area contributed by atoms with Crippen molar-refractivity contribution in [3.05, 3.63) is 60.2 Å². The van der Waals surface area contributed by atoms with Gasteiger partial charge in [0.05, 0.1) is 12.5 Å². The van der Waals surface area contributed by atoms with Crippen LogP contribution in [-0.4, -0.2) is 48.2 Å². The van der Waals surface area contributed by atoms with E-state index in [0.717, 1.165) is 5.56 Å². The van der Waals surface area contributed by atoms with Crippen LogP contribution in [0.25, 0.3) is 0 Å². The summed E-state index contributed by atoms with van der Waals surface area (Å²) in [4.78, 5) is 25.8. The van der Waals surface area contributed by atoms with E-state index in [2.05, 4.69) is 0 Å². The molecule has 142 valence electrons. The molecule has 1 N–H and O–H groups in total. The predicted octanol–water partition coefficient (Wildman–Crippen LogP) is 2.79. The number of nitrogens with zero attached hydrogens (tertiary/aromatic N) is 1. The summed E-state index contributed by atoms with van der Waals surface area (Å²) in [6, 6.07) is 16.6. The third-order valence-electron chi connectivity index (χ3n) is 4.72. The van der Waals surface area contributed by atoms with Gasteiger partial charge in [-0.3, -0.25) is 9.59 Å². The molecule has 6 heteroatoms. The van der Waals surface area contributed by atoms with E-state index in [-0.39, 0.29) is 25.0 Å². The lowest BCUT2D eigenvalue weighted by atomic mass is 9.89. The van der Waals surface area contributed by atoms with E-state index < -0.39 is 11.9 Å². The number of hydrogen-bond acceptors (Lipinski definition) is 4. The maximum atomic E-state index is 12.6. The van der Waals surface area contributed by atoms with Crippen molar-refractivity contribution in [2.24, 2.45) is 5.92 Å². The quantitative estimate of drug-likeness (QED) is 0.812. The fourth-order valence-corrected chi connectivity index (χ4v) is 3.37. The molecule has 1 aliphatic heterocycles. The first-order chi connectivity index (χ1) is 13.1. The molecule has 1 amide bonds. The first-order valence-electron chi connectivity index (χ1n) is 9.00. The molecule has 0 bridgehead atoms. The van der Waals surface area contributed by atoms with Gasteiger partial charge in [0.2, 0.25) is 0 Å². The van der Waals surface area contributed by atoms with Crippen LogP contribution in [0.3, 0.4) is 0 Å². The van der Waals surface area contributed by atoms with E-state index >= 15 is 0 Å². The average Bonchev–Trinajstić information content (AvgIpc) is 3.14. The molecular weight excluding hydrogens is 346 g/mol. The lowest BCUT2D eigenvalue weighted by Crippen LogP contribution is -2.33. The van der Waals surface area contributed by atoms with Crippen LogP contribution in [0.15, 0.2) is 54.6 Å². The monoisotopic (exact) mass is 369 g/mol. The summed E-state index contributed by atoms with van der Waals surface area (Å²) in [7, 11) is 0. The fourth-order valence-electron chi connectivity index (χ4n) is 3.37. The van der Waals surface area contributed by atoms with Crippen LogP contribution in [0.1, 0.15) is 18.4 Å². The molecule has 1 fully saturated rings. The molecule has 1 saturated heterocycles. The number of hydrogen-bond donors (Lipinski definition) is 1. The van der Waals surface area contributed by atoms with Crippen molar-refractivity contribution >= 4 is 11.9 Å². The number of rotatable bonds is 7. The van der Waals surface area contributed by atoms with Gasteiger partial charge >= 0.3 is 5.97 Å². The minimum absolute atomic E-state index is 0.155. The Kier molecular flexibility index (Phi) is 5.96. The summed E-state index contributed by atoms with van der Waals surface area (Å²) < 4.78 is 11.1. The Morgan fingerprint density at radius 3 is 2.26 bits per heavy atom. The zero-order valence-electron chi connectivity index (χ0n) is 15.2. The highest BCUT2D eigenvalue weighted by Gasteiger charge is 2.40. The number of likely N-dealkylation sites (tertiary alicyclic amines) is 1. The molecule has 1 aliphatic rings. The summed E-state index contributed by atoms with van der Waals surface area (Å²) in [6.45, 7) is 2.78. The number of carboxylic acid groups (broad SMARTS) is 1. The predicted molar refractivity (Wildman–Crippen MR) is 100.0 cm³/mol. The van der Waals surface area contributed by atoms with Crippen LogP contribution in [0.2, 0.25) is 0 Å². The van der Waals surface area contributed by atoms with Gasteiger partial charge in [0.15, 0.2) is 18.1 Å². The number of amides is 1. The summed E-state index contributed by atoms with van der Waals surface area (Å²) in [5.74, 6) is -0.871. The first kappa shape index (κ1) is 18.8. The van der Waals surface area contributed by atoms with Gasteiger partial charge in [-0.25, -0.2) is 0 Å². The Balaban J connectivity index is 1.66. The second-order valence-electron chi connectivity index (χ2n) is 6.43. The highest BCUT2D eigenvalue weighted by molar-refractivity contribution is 5.80. The van der Waals surface area contributed by atoms with Gasteiger partial charge in [0, 0.05) is 19.0 Å². The number of benzene rings is 2. The zero-order chi connectivity index (χ0) is 19.2. The normalized spacial score (nSPS) is 18.9. The molecule has 1 heterocycles. The molecule has 2 aromatic carbocycles. The Morgan fingerprint density at radius 1 is 1.00 bits per heavy atom. The Hall–Kier alpha value is -3.02. The van der Waals surface area contributed by atoms with E-state index in [1.807, 2.05) is 49.4 Å². The van der Waals surface area contributed by atoms with Crippen LogP contribution in [0.5, 0.6) is 11.5 Å². The molecule has 6 nitrogen and oxygen atoms in total. The number of carbonyl (C=O) groups excluding carboxylic acids is 1. The van der Waals surface area contributed by atoms with Crippen LogP contribution in [-0.2, 0) is 9.59 Å². The lowest BCUT2D eigenvalue weighted by Gasteiger charge is -2.17. The van der Waals surface area contributed by atoms with Gasteiger partial charge < -0.3 is 19.5 Å². The van der Waals surface area contributed by atoms with Crippen molar-refractivity contribution in [2.45, 2.75) is 12.8 Å². The largest absolute Gasteiger partial charge is 0.490 e. The molecule has 2 atom stereocenters. The van der Waals surface area contributed by atoms with Gasteiger partial charge in [-0.05, 0) is 24.6 Å². The number of carboxylic acids is 1. The standard InChI is InChI=1S/C21H23NO5/c1-2-26-18-10-6-7-11-19(18)27-14-20(23)22-12-16(17(13-22)21(24)25)15-8-4-3-5-9-15/h3-11,16-17H,2,12-14H2,1H3,(H,24,25). The third-order valence-corrected chi connectivity index (χ3v) is 4.72. The first-order valence-corrected chi connectivity index (χ1v) is 9.00. The number of ether oxygens (including phenoxy) is 2.